The third kappa shape index (κ3) is 10.9. The number of unbranched alkanes of at least 4 members (excludes halogenated alkanes) is 9. The van der Waals surface area contributed by atoms with E-state index >= 15 is 0 Å². The smallest absolute Gasteiger partial charge is 0.257 e. The molecule has 0 saturated heterocycles. The summed E-state index contributed by atoms with van der Waals surface area (Å²) in [6.45, 7) is 2.98. The van der Waals surface area contributed by atoms with Gasteiger partial charge in [-0.25, -0.2) is 0 Å². The first kappa shape index (κ1) is 20.3. The molecular weight excluding hydrogens is 302 g/mol. The summed E-state index contributed by atoms with van der Waals surface area (Å²) in [6.07, 6.45) is 12.9. The van der Waals surface area contributed by atoms with Gasteiger partial charge in [0.25, 0.3) is 5.91 Å². The molecule has 0 unspecified atom stereocenters. The minimum Gasteiger partial charge on any atom is -0.508 e. The van der Waals surface area contributed by atoms with Crippen molar-refractivity contribution in [2.24, 2.45) is 0 Å². The van der Waals surface area contributed by atoms with E-state index in [9.17, 15) is 4.79 Å². The number of nitrogens with one attached hydrogen (secondary N) is 1. The normalized spacial score (nSPS) is 10.5. The van der Waals surface area contributed by atoms with Gasteiger partial charge in [-0.2, -0.15) is 0 Å². The fourth-order valence-electron chi connectivity index (χ4n) is 2.58. The Morgan fingerprint density at radius 1 is 0.917 bits per heavy atom. The Labute approximate surface area is 146 Å². The number of carbonyl (C=O) groups is 1. The summed E-state index contributed by atoms with van der Waals surface area (Å²) in [4.78, 5) is 11.7. The van der Waals surface area contributed by atoms with Crippen molar-refractivity contribution in [1.29, 1.82) is 0 Å². The molecule has 0 atom stereocenters. The quantitative estimate of drug-likeness (QED) is 0.480. The van der Waals surface area contributed by atoms with Crippen LogP contribution in [0.5, 0.6) is 11.5 Å². The van der Waals surface area contributed by atoms with Crippen LogP contribution in [0.25, 0.3) is 0 Å². The van der Waals surface area contributed by atoms with Crippen molar-refractivity contribution in [1.82, 2.24) is 5.32 Å². The van der Waals surface area contributed by atoms with Gasteiger partial charge < -0.3 is 15.2 Å². The molecule has 0 saturated carbocycles. The number of hydrogen-bond donors (Lipinski definition) is 2. The van der Waals surface area contributed by atoms with Gasteiger partial charge in [0.05, 0.1) is 0 Å². The molecule has 2 N–H and O–H groups in total. The average molecular weight is 335 g/mol. The molecular formula is C20H33NO3. The number of phenolic OH excluding ortho intramolecular Hbond substituents is 1. The lowest BCUT2D eigenvalue weighted by molar-refractivity contribution is -0.123. The Morgan fingerprint density at radius 2 is 1.46 bits per heavy atom. The van der Waals surface area contributed by atoms with E-state index in [-0.39, 0.29) is 18.3 Å². The molecule has 0 aromatic heterocycles. The maximum absolute atomic E-state index is 11.7. The van der Waals surface area contributed by atoms with E-state index in [0.29, 0.717) is 12.3 Å². The summed E-state index contributed by atoms with van der Waals surface area (Å²) in [5.74, 6) is 0.675. The van der Waals surface area contributed by atoms with Crippen LogP contribution in [0.4, 0.5) is 0 Å². The molecule has 1 amide bonds. The second kappa shape index (κ2) is 13.7. The summed E-state index contributed by atoms with van der Waals surface area (Å²) >= 11 is 0. The van der Waals surface area contributed by atoms with Crippen LogP contribution >= 0.6 is 0 Å². The maximum atomic E-state index is 11.7. The monoisotopic (exact) mass is 335 g/mol. The van der Waals surface area contributed by atoms with E-state index in [0.717, 1.165) is 6.42 Å². The zero-order valence-corrected chi connectivity index (χ0v) is 15.1. The van der Waals surface area contributed by atoms with Crippen LogP contribution in [-0.2, 0) is 4.79 Å². The first-order valence-corrected chi connectivity index (χ1v) is 9.41. The van der Waals surface area contributed by atoms with E-state index in [4.69, 9.17) is 9.84 Å². The van der Waals surface area contributed by atoms with Crippen LogP contribution < -0.4 is 10.1 Å². The van der Waals surface area contributed by atoms with Crippen LogP contribution in [0, 0.1) is 0 Å². The van der Waals surface area contributed by atoms with E-state index in [1.807, 2.05) is 0 Å². The molecule has 24 heavy (non-hydrogen) atoms. The highest BCUT2D eigenvalue weighted by Crippen LogP contribution is 2.15. The van der Waals surface area contributed by atoms with Gasteiger partial charge in [0.15, 0.2) is 6.61 Å². The van der Waals surface area contributed by atoms with Crippen LogP contribution in [0.1, 0.15) is 71.1 Å². The number of carbonyl (C=O) groups excluding carboxylic acids is 1. The minimum atomic E-state index is -0.0981. The van der Waals surface area contributed by atoms with Gasteiger partial charge in [-0.15, -0.1) is 0 Å². The van der Waals surface area contributed by atoms with Gasteiger partial charge in [0.1, 0.15) is 11.5 Å². The molecule has 136 valence electrons. The molecule has 0 spiro atoms. The summed E-state index contributed by atoms with van der Waals surface area (Å²) in [5.41, 5.74) is 0. The predicted octanol–water partition coefficient (Wildman–Crippen LogP) is 4.81. The van der Waals surface area contributed by atoms with E-state index in [2.05, 4.69) is 12.2 Å². The molecule has 4 heteroatoms. The highest BCUT2D eigenvalue weighted by Gasteiger charge is 2.02. The molecule has 0 heterocycles. The van der Waals surface area contributed by atoms with Gasteiger partial charge in [-0.3, -0.25) is 4.79 Å². The van der Waals surface area contributed by atoms with Gasteiger partial charge in [-0.05, 0) is 30.7 Å². The maximum Gasteiger partial charge on any atom is 0.257 e. The summed E-state index contributed by atoms with van der Waals surface area (Å²) in [7, 11) is 0. The summed E-state index contributed by atoms with van der Waals surface area (Å²) in [5, 5.41) is 12.0. The van der Waals surface area contributed by atoms with Gasteiger partial charge in [0.2, 0.25) is 0 Å². The van der Waals surface area contributed by atoms with E-state index in [1.54, 1.807) is 12.1 Å². The minimum absolute atomic E-state index is 0.0164. The van der Waals surface area contributed by atoms with Crippen molar-refractivity contribution in [3.8, 4) is 11.5 Å². The fourth-order valence-corrected chi connectivity index (χ4v) is 2.58. The Morgan fingerprint density at radius 3 is 2.04 bits per heavy atom. The molecule has 1 aromatic rings. The first-order valence-electron chi connectivity index (χ1n) is 9.41. The third-order valence-corrected chi connectivity index (χ3v) is 4.06. The number of benzene rings is 1. The predicted molar refractivity (Wildman–Crippen MR) is 98.5 cm³/mol. The number of hydrogen-bond acceptors (Lipinski definition) is 3. The molecule has 0 aliphatic rings. The van der Waals surface area contributed by atoms with Gasteiger partial charge in [-0.1, -0.05) is 64.7 Å². The Balaban J connectivity index is 1.88. The topological polar surface area (TPSA) is 58.6 Å². The molecule has 0 aliphatic carbocycles. The number of phenols is 1. The molecule has 0 bridgehead atoms. The van der Waals surface area contributed by atoms with Crippen molar-refractivity contribution in [3.63, 3.8) is 0 Å². The Bertz CT molecular complexity index is 431. The largest absolute Gasteiger partial charge is 0.508 e. The zero-order valence-electron chi connectivity index (χ0n) is 15.1. The average Bonchev–Trinajstić information content (AvgIpc) is 2.59. The third-order valence-electron chi connectivity index (χ3n) is 4.06. The standard InChI is InChI=1S/C20H33NO3/c1-2-3-4-5-6-7-8-9-10-11-16-21-20(23)17-24-19-14-12-18(22)13-15-19/h12-15,22H,2-11,16-17H2,1H3,(H,21,23). The first-order chi connectivity index (χ1) is 11.7. The van der Waals surface area contributed by atoms with Crippen LogP contribution in [0.3, 0.4) is 0 Å². The van der Waals surface area contributed by atoms with Crippen molar-refractivity contribution >= 4 is 5.91 Å². The molecule has 0 aliphatic heterocycles. The van der Waals surface area contributed by atoms with E-state index < -0.39 is 0 Å². The second-order valence-electron chi connectivity index (χ2n) is 6.31. The number of rotatable bonds is 14. The van der Waals surface area contributed by atoms with Crippen molar-refractivity contribution < 1.29 is 14.6 Å². The van der Waals surface area contributed by atoms with Gasteiger partial charge >= 0.3 is 0 Å². The highest BCUT2D eigenvalue weighted by atomic mass is 16.5. The lowest BCUT2D eigenvalue weighted by atomic mass is 10.1. The molecule has 4 nitrogen and oxygen atoms in total. The van der Waals surface area contributed by atoms with Crippen molar-refractivity contribution in [2.75, 3.05) is 13.2 Å². The van der Waals surface area contributed by atoms with Crippen LogP contribution in [0.2, 0.25) is 0 Å². The van der Waals surface area contributed by atoms with Crippen LogP contribution in [-0.4, -0.2) is 24.2 Å². The van der Waals surface area contributed by atoms with Crippen LogP contribution in [0.15, 0.2) is 24.3 Å². The SMILES string of the molecule is CCCCCCCCCCCCNC(=O)COc1ccc(O)cc1. The van der Waals surface area contributed by atoms with Gasteiger partial charge in [0, 0.05) is 6.54 Å². The summed E-state index contributed by atoms with van der Waals surface area (Å²) in [6, 6.07) is 6.36. The molecule has 0 fully saturated rings. The highest BCUT2D eigenvalue weighted by molar-refractivity contribution is 5.77. The number of amides is 1. The second-order valence-corrected chi connectivity index (χ2v) is 6.31. The fraction of sp³-hybridized carbons (Fsp3) is 0.650. The number of ether oxygens (including phenoxy) is 1. The Hall–Kier alpha value is -1.71. The van der Waals surface area contributed by atoms with E-state index in [1.165, 1.54) is 69.9 Å². The Kier molecular flexibility index (Phi) is 11.6. The van der Waals surface area contributed by atoms with Crippen molar-refractivity contribution in [2.45, 2.75) is 71.1 Å². The summed E-state index contributed by atoms with van der Waals surface area (Å²) < 4.78 is 5.35. The lowest BCUT2D eigenvalue weighted by Gasteiger charge is -2.07. The lowest BCUT2D eigenvalue weighted by Crippen LogP contribution is -2.29. The van der Waals surface area contributed by atoms with Crippen molar-refractivity contribution in [3.05, 3.63) is 24.3 Å². The zero-order chi connectivity index (χ0) is 17.5. The molecule has 1 aromatic carbocycles. The number of aromatic hydroxyl groups is 1. The molecule has 0 radical (unpaired) electrons. The molecule has 1 rings (SSSR count).